The van der Waals surface area contributed by atoms with Crippen molar-refractivity contribution < 1.29 is 34.0 Å². The minimum atomic E-state index is -1.75. The molecule has 12 nitrogen and oxygen atoms in total. The number of rotatable bonds is 7. The minimum absolute atomic E-state index is 0.0639. The summed E-state index contributed by atoms with van der Waals surface area (Å²) < 4.78 is 18.0. The van der Waals surface area contributed by atoms with E-state index in [9.17, 15) is 24.3 Å². The lowest BCUT2D eigenvalue weighted by Crippen LogP contribution is -2.69. The van der Waals surface area contributed by atoms with Crippen LogP contribution in [0.4, 0.5) is 14.9 Å². The molecule has 166 valence electrons. The number of nitrogens with one attached hydrogen (secondary N) is 2. The summed E-state index contributed by atoms with van der Waals surface area (Å²) in [7, 11) is 0. The van der Waals surface area contributed by atoms with Crippen molar-refractivity contribution in [3.05, 3.63) is 34.7 Å². The van der Waals surface area contributed by atoms with Gasteiger partial charge in [0.2, 0.25) is 0 Å². The zero-order valence-corrected chi connectivity index (χ0v) is 17.2. The standard InChI is InChI=1S/C16H16ClFN6O6S/c17-9-5-8(1-2-10(9)18)20-12(21-29)11-13(23-30-22-11)31-4-3-19-14(25)16(28)6-24(7-16)15(26)27/h1-2,5,28-29H,3-4,6-7H2,(H,19,25)(H,20,21)(H,26,27). The number of amides is 2. The van der Waals surface area contributed by atoms with Crippen LogP contribution >= 0.6 is 23.4 Å². The second-order valence-electron chi connectivity index (χ2n) is 6.36. The van der Waals surface area contributed by atoms with Gasteiger partial charge in [0.15, 0.2) is 22.2 Å². The number of aliphatic hydroxyl groups is 1. The maximum atomic E-state index is 13.3. The van der Waals surface area contributed by atoms with Crippen LogP contribution in [-0.2, 0) is 4.79 Å². The number of carbonyl (C=O) groups excluding carboxylic acids is 1. The number of hydroxylamine groups is 1. The van der Waals surface area contributed by atoms with Gasteiger partial charge in [-0.1, -0.05) is 23.4 Å². The smallest absolute Gasteiger partial charge is 0.407 e. The molecule has 0 atom stereocenters. The predicted molar refractivity (Wildman–Crippen MR) is 105 cm³/mol. The Morgan fingerprint density at radius 3 is 2.77 bits per heavy atom. The van der Waals surface area contributed by atoms with Gasteiger partial charge < -0.3 is 20.4 Å². The molecule has 15 heteroatoms. The fraction of sp³-hybridized carbons (Fsp3) is 0.312. The van der Waals surface area contributed by atoms with E-state index in [2.05, 4.69) is 25.3 Å². The van der Waals surface area contributed by atoms with Gasteiger partial charge in [0, 0.05) is 12.3 Å². The molecule has 1 aromatic carbocycles. The highest BCUT2D eigenvalue weighted by molar-refractivity contribution is 7.99. The SMILES string of the molecule is O=C(O)N1CC(O)(C(=O)NCCSc2nonc2C(=Nc2ccc(F)c(Cl)c2)NO)C1. The van der Waals surface area contributed by atoms with Gasteiger partial charge in [-0.25, -0.2) is 18.8 Å². The Balaban J connectivity index is 1.56. The lowest BCUT2D eigenvalue weighted by atomic mass is 9.94. The number of hydrogen-bond acceptors (Lipinski definition) is 9. The van der Waals surface area contributed by atoms with E-state index >= 15 is 0 Å². The zero-order valence-electron chi connectivity index (χ0n) is 15.6. The van der Waals surface area contributed by atoms with Gasteiger partial charge in [0.05, 0.1) is 23.8 Å². The summed E-state index contributed by atoms with van der Waals surface area (Å²) in [4.78, 5) is 27.8. The lowest BCUT2D eigenvalue weighted by molar-refractivity contribution is -0.155. The van der Waals surface area contributed by atoms with Crippen molar-refractivity contribution >= 4 is 46.9 Å². The minimum Gasteiger partial charge on any atom is -0.465 e. The number of carboxylic acid groups (broad SMARTS) is 1. The number of amidine groups is 1. The molecule has 2 amide bonds. The topological polar surface area (TPSA) is 173 Å². The molecular formula is C16H16ClFN6O6S. The van der Waals surface area contributed by atoms with Gasteiger partial charge in [-0.2, -0.15) is 0 Å². The molecular weight excluding hydrogens is 459 g/mol. The largest absolute Gasteiger partial charge is 0.465 e. The quantitative estimate of drug-likeness (QED) is 0.127. The monoisotopic (exact) mass is 474 g/mol. The van der Waals surface area contributed by atoms with E-state index in [0.717, 1.165) is 22.7 Å². The molecule has 0 radical (unpaired) electrons. The highest BCUT2D eigenvalue weighted by atomic mass is 35.5. The fourth-order valence-electron chi connectivity index (χ4n) is 2.58. The Hall–Kier alpha value is -2.94. The molecule has 2 heterocycles. The molecule has 31 heavy (non-hydrogen) atoms. The first-order valence-electron chi connectivity index (χ1n) is 8.61. The molecule has 0 aliphatic carbocycles. The Morgan fingerprint density at radius 1 is 1.39 bits per heavy atom. The number of hydrogen-bond donors (Lipinski definition) is 5. The molecule has 5 N–H and O–H groups in total. The summed E-state index contributed by atoms with van der Waals surface area (Å²) in [6.45, 7) is -0.472. The van der Waals surface area contributed by atoms with Crippen LogP contribution < -0.4 is 10.8 Å². The Labute approximate surface area is 183 Å². The van der Waals surface area contributed by atoms with E-state index in [4.69, 9.17) is 16.7 Å². The van der Waals surface area contributed by atoms with Crippen LogP contribution in [0.3, 0.4) is 0 Å². The van der Waals surface area contributed by atoms with Crippen LogP contribution in [0, 0.1) is 5.82 Å². The second-order valence-corrected chi connectivity index (χ2v) is 7.85. The van der Waals surface area contributed by atoms with Crippen LogP contribution in [0.1, 0.15) is 5.69 Å². The number of nitrogens with zero attached hydrogens (tertiary/aromatic N) is 4. The van der Waals surface area contributed by atoms with E-state index in [1.54, 1.807) is 0 Å². The molecule has 2 aromatic rings. The van der Waals surface area contributed by atoms with Crippen LogP contribution in [-0.4, -0.2) is 79.5 Å². The molecule has 1 aromatic heterocycles. The predicted octanol–water partition coefficient (Wildman–Crippen LogP) is 0.852. The van der Waals surface area contributed by atoms with E-state index in [-0.39, 0.29) is 52.7 Å². The number of carbonyl (C=O) groups is 2. The van der Waals surface area contributed by atoms with Crippen LogP contribution in [0.15, 0.2) is 32.8 Å². The summed E-state index contributed by atoms with van der Waals surface area (Å²) in [6.07, 6.45) is -1.21. The highest BCUT2D eigenvalue weighted by Gasteiger charge is 2.49. The summed E-state index contributed by atoms with van der Waals surface area (Å²) in [6, 6.07) is 3.70. The summed E-state index contributed by atoms with van der Waals surface area (Å²) >= 11 is 6.83. The lowest BCUT2D eigenvalue weighted by Gasteiger charge is -2.43. The summed E-state index contributed by atoms with van der Waals surface area (Å²) in [5.41, 5.74) is 0.416. The van der Waals surface area contributed by atoms with Crippen molar-refractivity contribution in [3.8, 4) is 0 Å². The first-order chi connectivity index (χ1) is 14.7. The Kier molecular flexibility index (Phi) is 6.94. The average molecular weight is 475 g/mol. The maximum absolute atomic E-state index is 13.3. The number of likely N-dealkylation sites (tertiary alicyclic amines) is 1. The third-order valence-electron chi connectivity index (χ3n) is 4.16. The van der Waals surface area contributed by atoms with Crippen LogP contribution in [0.5, 0.6) is 0 Å². The van der Waals surface area contributed by atoms with Gasteiger partial charge in [-0.3, -0.25) is 15.5 Å². The van der Waals surface area contributed by atoms with Crippen LogP contribution in [0.2, 0.25) is 5.02 Å². The molecule has 3 rings (SSSR count). The summed E-state index contributed by atoms with van der Waals surface area (Å²) in [5.74, 6) is -1.15. The van der Waals surface area contributed by atoms with Crippen molar-refractivity contribution in [3.63, 3.8) is 0 Å². The van der Waals surface area contributed by atoms with Gasteiger partial charge >= 0.3 is 6.09 Å². The fourth-order valence-corrected chi connectivity index (χ4v) is 3.50. The first kappa shape index (κ1) is 22.7. The van der Waals surface area contributed by atoms with Crippen molar-refractivity contribution in [2.75, 3.05) is 25.4 Å². The van der Waals surface area contributed by atoms with E-state index in [1.165, 1.54) is 12.1 Å². The highest BCUT2D eigenvalue weighted by Crippen LogP contribution is 2.24. The van der Waals surface area contributed by atoms with Gasteiger partial charge in [-0.05, 0) is 28.5 Å². The van der Waals surface area contributed by atoms with E-state index in [1.807, 2.05) is 5.48 Å². The van der Waals surface area contributed by atoms with Gasteiger partial charge in [0.1, 0.15) is 5.82 Å². The zero-order chi connectivity index (χ0) is 22.6. The molecule has 0 unspecified atom stereocenters. The van der Waals surface area contributed by atoms with Crippen molar-refractivity contribution in [1.82, 2.24) is 26.0 Å². The number of benzene rings is 1. The molecule has 0 bridgehead atoms. The normalized spacial score (nSPS) is 15.4. The molecule has 1 saturated heterocycles. The first-order valence-corrected chi connectivity index (χ1v) is 9.98. The Morgan fingerprint density at radius 2 is 2.13 bits per heavy atom. The molecule has 1 aliphatic rings. The average Bonchev–Trinajstić information content (AvgIpc) is 3.17. The number of halogens is 2. The third kappa shape index (κ3) is 5.22. The number of aliphatic imine (C=N–C) groups is 1. The van der Waals surface area contributed by atoms with Crippen molar-refractivity contribution in [2.45, 2.75) is 10.6 Å². The van der Waals surface area contributed by atoms with Gasteiger partial charge in [0.25, 0.3) is 5.91 Å². The molecule has 1 aliphatic heterocycles. The third-order valence-corrected chi connectivity index (χ3v) is 5.40. The number of aromatic nitrogens is 2. The number of β-amino-alcohol motifs (C(OH)–C–C–N with tert-alkyl or cyclic N) is 1. The van der Waals surface area contributed by atoms with E-state index in [0.29, 0.717) is 0 Å². The molecule has 0 saturated carbocycles. The van der Waals surface area contributed by atoms with Gasteiger partial charge in [-0.15, -0.1) is 0 Å². The second kappa shape index (κ2) is 9.47. The maximum Gasteiger partial charge on any atom is 0.407 e. The van der Waals surface area contributed by atoms with Crippen molar-refractivity contribution in [1.29, 1.82) is 0 Å². The van der Waals surface area contributed by atoms with E-state index < -0.39 is 23.4 Å². The molecule has 1 fully saturated rings. The molecule has 0 spiro atoms. The Bertz CT molecular complexity index is 1010. The summed E-state index contributed by atoms with van der Waals surface area (Å²) in [5, 5.41) is 38.2. The number of thioether (sulfide) groups is 1. The van der Waals surface area contributed by atoms with Crippen LogP contribution in [0.25, 0.3) is 0 Å². The van der Waals surface area contributed by atoms with Crippen molar-refractivity contribution in [2.24, 2.45) is 4.99 Å².